The number of benzene rings is 1. The van der Waals surface area contributed by atoms with Gasteiger partial charge in [-0.2, -0.15) is 0 Å². The Hall–Kier alpha value is -1.31. The van der Waals surface area contributed by atoms with Gasteiger partial charge in [0.25, 0.3) is 5.91 Å². The van der Waals surface area contributed by atoms with E-state index >= 15 is 0 Å². The van der Waals surface area contributed by atoms with Crippen LogP contribution in [0.4, 0.5) is 0 Å². The van der Waals surface area contributed by atoms with Crippen molar-refractivity contribution in [1.82, 2.24) is 5.32 Å². The van der Waals surface area contributed by atoms with Gasteiger partial charge in [-0.25, -0.2) is 0 Å². The Morgan fingerprint density at radius 3 is 2.12 bits per heavy atom. The van der Waals surface area contributed by atoms with Gasteiger partial charge < -0.3 is 5.32 Å². The Labute approximate surface area is 96.1 Å². The summed E-state index contributed by atoms with van der Waals surface area (Å²) in [5.74, 6) is 1.63. The highest BCUT2D eigenvalue weighted by atomic mass is 16.1. The molecule has 2 saturated carbocycles. The molecule has 2 aliphatic carbocycles. The van der Waals surface area contributed by atoms with Gasteiger partial charge in [-0.1, -0.05) is 18.2 Å². The van der Waals surface area contributed by atoms with Crippen LogP contribution in [0.2, 0.25) is 0 Å². The van der Waals surface area contributed by atoms with E-state index in [1.807, 2.05) is 30.3 Å². The van der Waals surface area contributed by atoms with Crippen LogP contribution >= 0.6 is 0 Å². The highest BCUT2D eigenvalue weighted by molar-refractivity contribution is 5.94. The highest BCUT2D eigenvalue weighted by Gasteiger charge is 2.42. The molecule has 1 aromatic rings. The monoisotopic (exact) mass is 215 g/mol. The SMILES string of the molecule is O=C(NC(C1CC1)C1CC1)c1ccccc1. The van der Waals surface area contributed by atoms with Crippen molar-refractivity contribution in [3.63, 3.8) is 0 Å². The third-order valence-corrected chi connectivity index (χ3v) is 3.59. The normalized spacial score (nSPS) is 19.8. The Morgan fingerprint density at radius 1 is 1.06 bits per heavy atom. The van der Waals surface area contributed by atoms with E-state index in [0.717, 1.165) is 17.4 Å². The second-order valence-corrected chi connectivity index (χ2v) is 5.04. The van der Waals surface area contributed by atoms with Crippen LogP contribution in [-0.2, 0) is 0 Å². The largest absolute Gasteiger partial charge is 0.349 e. The van der Waals surface area contributed by atoms with E-state index < -0.39 is 0 Å². The summed E-state index contributed by atoms with van der Waals surface area (Å²) in [6, 6.07) is 9.98. The molecule has 1 amide bonds. The van der Waals surface area contributed by atoms with E-state index in [-0.39, 0.29) is 5.91 Å². The minimum atomic E-state index is 0.101. The predicted octanol–water partition coefficient (Wildman–Crippen LogP) is 2.61. The zero-order valence-corrected chi connectivity index (χ0v) is 9.36. The molecule has 0 heterocycles. The molecule has 1 N–H and O–H groups in total. The number of hydrogen-bond donors (Lipinski definition) is 1. The molecule has 2 nitrogen and oxygen atoms in total. The molecule has 2 aliphatic rings. The van der Waals surface area contributed by atoms with Crippen LogP contribution in [0, 0.1) is 11.8 Å². The van der Waals surface area contributed by atoms with Gasteiger partial charge in [-0.15, -0.1) is 0 Å². The lowest BCUT2D eigenvalue weighted by Gasteiger charge is -2.17. The van der Waals surface area contributed by atoms with Crippen molar-refractivity contribution in [2.24, 2.45) is 11.8 Å². The second kappa shape index (κ2) is 3.93. The van der Waals surface area contributed by atoms with E-state index in [0.29, 0.717) is 6.04 Å². The highest BCUT2D eigenvalue weighted by Crippen LogP contribution is 2.44. The summed E-state index contributed by atoms with van der Waals surface area (Å²) in [7, 11) is 0. The average Bonchev–Trinajstić information content (AvgIpc) is 3.19. The first kappa shape index (κ1) is 9.88. The number of hydrogen-bond acceptors (Lipinski definition) is 1. The van der Waals surface area contributed by atoms with Crippen LogP contribution in [0.25, 0.3) is 0 Å². The molecule has 0 atom stereocenters. The first-order chi connectivity index (χ1) is 7.84. The second-order valence-electron chi connectivity index (χ2n) is 5.04. The molecule has 0 aromatic heterocycles. The number of carbonyl (C=O) groups excluding carboxylic acids is 1. The zero-order valence-electron chi connectivity index (χ0n) is 9.36. The molecular formula is C14H17NO. The molecule has 2 heteroatoms. The van der Waals surface area contributed by atoms with Crippen molar-refractivity contribution in [1.29, 1.82) is 0 Å². The molecule has 3 rings (SSSR count). The van der Waals surface area contributed by atoms with Crippen molar-refractivity contribution in [3.8, 4) is 0 Å². The van der Waals surface area contributed by atoms with E-state index in [2.05, 4.69) is 5.32 Å². The maximum Gasteiger partial charge on any atom is 0.251 e. The lowest BCUT2D eigenvalue weighted by atomic mass is 10.1. The maximum atomic E-state index is 12.0. The number of nitrogens with one attached hydrogen (secondary N) is 1. The van der Waals surface area contributed by atoms with Crippen molar-refractivity contribution in [2.75, 3.05) is 0 Å². The zero-order chi connectivity index (χ0) is 11.0. The van der Waals surface area contributed by atoms with Crippen LogP contribution in [0.5, 0.6) is 0 Å². The Morgan fingerprint density at radius 2 is 1.62 bits per heavy atom. The molecular weight excluding hydrogens is 198 g/mol. The van der Waals surface area contributed by atoms with Gasteiger partial charge in [0.2, 0.25) is 0 Å². The summed E-state index contributed by atoms with van der Waals surface area (Å²) >= 11 is 0. The molecule has 0 spiro atoms. The van der Waals surface area contributed by atoms with E-state index in [1.165, 1.54) is 25.7 Å². The lowest BCUT2D eigenvalue weighted by Crippen LogP contribution is -2.38. The van der Waals surface area contributed by atoms with Gasteiger partial charge in [0, 0.05) is 11.6 Å². The van der Waals surface area contributed by atoms with Gasteiger partial charge in [-0.05, 0) is 49.7 Å². The Balaban J connectivity index is 1.66. The van der Waals surface area contributed by atoms with Crippen molar-refractivity contribution < 1.29 is 4.79 Å². The standard InChI is InChI=1S/C14H17NO/c16-14(12-4-2-1-3-5-12)15-13(10-6-7-10)11-8-9-11/h1-5,10-11,13H,6-9H2,(H,15,16). The van der Waals surface area contributed by atoms with Gasteiger partial charge in [0.05, 0.1) is 0 Å². The van der Waals surface area contributed by atoms with E-state index in [4.69, 9.17) is 0 Å². The number of amides is 1. The van der Waals surface area contributed by atoms with Gasteiger partial charge in [-0.3, -0.25) is 4.79 Å². The molecule has 0 radical (unpaired) electrons. The average molecular weight is 215 g/mol. The van der Waals surface area contributed by atoms with Crippen LogP contribution in [0.1, 0.15) is 36.0 Å². The molecule has 2 fully saturated rings. The summed E-state index contributed by atoms with van der Waals surface area (Å²) < 4.78 is 0. The molecule has 16 heavy (non-hydrogen) atoms. The first-order valence-electron chi connectivity index (χ1n) is 6.20. The van der Waals surface area contributed by atoms with E-state index in [1.54, 1.807) is 0 Å². The van der Waals surface area contributed by atoms with Gasteiger partial charge in [0.15, 0.2) is 0 Å². The minimum Gasteiger partial charge on any atom is -0.349 e. The fraction of sp³-hybridized carbons (Fsp3) is 0.500. The lowest BCUT2D eigenvalue weighted by molar-refractivity contribution is 0.0926. The van der Waals surface area contributed by atoms with Crippen LogP contribution in [0.15, 0.2) is 30.3 Å². The fourth-order valence-corrected chi connectivity index (χ4v) is 2.36. The third-order valence-electron chi connectivity index (χ3n) is 3.59. The number of carbonyl (C=O) groups is 1. The summed E-state index contributed by atoms with van der Waals surface area (Å²) in [6.07, 6.45) is 5.21. The Kier molecular flexibility index (Phi) is 2.43. The van der Waals surface area contributed by atoms with Crippen LogP contribution in [-0.4, -0.2) is 11.9 Å². The van der Waals surface area contributed by atoms with Crippen molar-refractivity contribution >= 4 is 5.91 Å². The number of rotatable bonds is 4. The third kappa shape index (κ3) is 2.11. The van der Waals surface area contributed by atoms with Gasteiger partial charge in [0.1, 0.15) is 0 Å². The smallest absolute Gasteiger partial charge is 0.251 e. The molecule has 84 valence electrons. The predicted molar refractivity (Wildman–Crippen MR) is 63.1 cm³/mol. The molecule has 0 bridgehead atoms. The topological polar surface area (TPSA) is 29.1 Å². The molecule has 0 unspecified atom stereocenters. The Bertz CT molecular complexity index is 367. The summed E-state index contributed by atoms with van der Waals surface area (Å²) in [6.45, 7) is 0. The molecule has 0 aliphatic heterocycles. The maximum absolute atomic E-state index is 12.0. The molecule has 1 aromatic carbocycles. The summed E-state index contributed by atoms with van der Waals surface area (Å²) in [5.41, 5.74) is 0.786. The van der Waals surface area contributed by atoms with E-state index in [9.17, 15) is 4.79 Å². The quantitative estimate of drug-likeness (QED) is 0.821. The van der Waals surface area contributed by atoms with Crippen molar-refractivity contribution in [3.05, 3.63) is 35.9 Å². The first-order valence-corrected chi connectivity index (χ1v) is 6.20. The summed E-state index contributed by atoms with van der Waals surface area (Å²) in [5, 5.41) is 3.22. The fourth-order valence-electron chi connectivity index (χ4n) is 2.36. The van der Waals surface area contributed by atoms with Crippen molar-refractivity contribution in [2.45, 2.75) is 31.7 Å². The van der Waals surface area contributed by atoms with Crippen LogP contribution in [0.3, 0.4) is 0 Å². The van der Waals surface area contributed by atoms with Gasteiger partial charge >= 0.3 is 0 Å². The minimum absolute atomic E-state index is 0.101. The van der Waals surface area contributed by atoms with Crippen LogP contribution < -0.4 is 5.32 Å². The molecule has 0 saturated heterocycles. The summed E-state index contributed by atoms with van der Waals surface area (Å²) in [4.78, 5) is 12.0.